The molecule has 1 heterocycles. The molecule has 9 heteroatoms. The second kappa shape index (κ2) is 10.5. The second-order valence-corrected chi connectivity index (χ2v) is 8.09. The predicted molar refractivity (Wildman–Crippen MR) is 130 cm³/mol. The monoisotopic (exact) mass is 493 g/mol. The van der Waals surface area contributed by atoms with Gasteiger partial charge < -0.3 is 9.30 Å². The van der Waals surface area contributed by atoms with Gasteiger partial charge in [-0.2, -0.15) is 18.3 Å². The zero-order valence-electron chi connectivity index (χ0n) is 19.3. The highest BCUT2D eigenvalue weighted by Crippen LogP contribution is 2.29. The number of amides is 1. The van der Waals surface area contributed by atoms with Crippen LogP contribution in [0.2, 0.25) is 0 Å². The van der Waals surface area contributed by atoms with Gasteiger partial charge in [0.05, 0.1) is 30.9 Å². The number of hydrogen-bond donors (Lipinski definition) is 1. The molecule has 36 heavy (non-hydrogen) atoms. The van der Waals surface area contributed by atoms with Gasteiger partial charge in [0.25, 0.3) is 0 Å². The molecular formula is C27H22F3N3O3. The van der Waals surface area contributed by atoms with Gasteiger partial charge in [-0.1, -0.05) is 48.5 Å². The fourth-order valence-corrected chi connectivity index (χ4v) is 3.88. The molecule has 0 saturated heterocycles. The molecule has 1 amide bonds. The molecule has 0 bridgehead atoms. The van der Waals surface area contributed by atoms with Gasteiger partial charge in [0.15, 0.2) is 0 Å². The lowest BCUT2D eigenvalue weighted by molar-refractivity contribution is -0.137. The number of esters is 1. The van der Waals surface area contributed by atoms with Gasteiger partial charge in [-0.15, -0.1) is 0 Å². The first kappa shape index (κ1) is 24.7. The van der Waals surface area contributed by atoms with Crippen LogP contribution >= 0.6 is 0 Å². The van der Waals surface area contributed by atoms with E-state index in [0.717, 1.165) is 34.2 Å². The van der Waals surface area contributed by atoms with Crippen molar-refractivity contribution < 1.29 is 27.5 Å². The molecule has 1 N–H and O–H groups in total. The zero-order valence-corrected chi connectivity index (χ0v) is 19.3. The molecule has 3 aromatic carbocycles. The molecule has 0 radical (unpaired) electrons. The zero-order chi connectivity index (χ0) is 25.7. The van der Waals surface area contributed by atoms with Crippen molar-refractivity contribution in [2.45, 2.75) is 19.1 Å². The highest BCUT2D eigenvalue weighted by atomic mass is 19.4. The van der Waals surface area contributed by atoms with Crippen molar-refractivity contribution in [1.29, 1.82) is 0 Å². The van der Waals surface area contributed by atoms with E-state index in [1.165, 1.54) is 25.5 Å². The van der Waals surface area contributed by atoms with Crippen molar-refractivity contribution >= 4 is 29.0 Å². The Morgan fingerprint density at radius 3 is 2.53 bits per heavy atom. The smallest absolute Gasteiger partial charge is 0.416 e. The first-order valence-corrected chi connectivity index (χ1v) is 11.0. The number of para-hydroxylation sites is 1. The molecule has 1 aromatic heterocycles. The molecule has 0 aliphatic carbocycles. The van der Waals surface area contributed by atoms with E-state index in [9.17, 15) is 22.8 Å². The number of nitrogens with one attached hydrogen (secondary N) is 1. The predicted octanol–water partition coefficient (Wildman–Crippen LogP) is 5.19. The van der Waals surface area contributed by atoms with Crippen LogP contribution in [-0.2, 0) is 28.7 Å². The maximum absolute atomic E-state index is 12.9. The summed E-state index contributed by atoms with van der Waals surface area (Å²) in [7, 11) is 1.33. The largest absolute Gasteiger partial charge is 0.465 e. The number of hydrogen-bond acceptors (Lipinski definition) is 4. The minimum atomic E-state index is -4.47. The molecule has 0 fully saturated rings. The summed E-state index contributed by atoms with van der Waals surface area (Å²) in [5.41, 5.74) is 4.84. The van der Waals surface area contributed by atoms with Crippen LogP contribution in [0, 0.1) is 0 Å². The fourth-order valence-electron chi connectivity index (χ4n) is 3.88. The number of fused-ring (bicyclic) bond motifs is 1. The van der Waals surface area contributed by atoms with E-state index in [1.807, 2.05) is 41.1 Å². The average Bonchev–Trinajstić information content (AvgIpc) is 3.20. The SMILES string of the molecule is COC(=O)c1cccc(Cn2cc(/C=N/NC(=O)Cc3cccc(C(F)(F)F)c3)c3ccccc32)c1. The van der Waals surface area contributed by atoms with Crippen molar-refractivity contribution in [2.75, 3.05) is 7.11 Å². The van der Waals surface area contributed by atoms with Gasteiger partial charge in [-0.05, 0) is 35.4 Å². The summed E-state index contributed by atoms with van der Waals surface area (Å²) in [6, 6.07) is 19.4. The third-order valence-electron chi connectivity index (χ3n) is 5.53. The number of ether oxygens (including phenoxy) is 1. The number of carbonyl (C=O) groups excluding carboxylic acids is 2. The van der Waals surface area contributed by atoms with Gasteiger partial charge in [-0.25, -0.2) is 10.2 Å². The highest BCUT2D eigenvalue weighted by Gasteiger charge is 2.30. The molecule has 0 saturated carbocycles. The Hall–Kier alpha value is -4.40. The topological polar surface area (TPSA) is 72.7 Å². The summed E-state index contributed by atoms with van der Waals surface area (Å²) in [6.07, 6.45) is -1.34. The molecule has 4 aromatic rings. The number of alkyl halides is 3. The van der Waals surface area contributed by atoms with Crippen molar-refractivity contribution in [1.82, 2.24) is 9.99 Å². The van der Waals surface area contributed by atoms with Gasteiger partial charge in [0.1, 0.15) is 0 Å². The Balaban J connectivity index is 1.49. The van der Waals surface area contributed by atoms with Gasteiger partial charge >= 0.3 is 12.1 Å². The number of carbonyl (C=O) groups is 2. The maximum atomic E-state index is 12.9. The minimum absolute atomic E-state index is 0.237. The molecule has 0 unspecified atom stereocenters. The van der Waals surface area contributed by atoms with E-state index in [4.69, 9.17) is 4.74 Å². The van der Waals surface area contributed by atoms with Crippen molar-refractivity contribution in [3.8, 4) is 0 Å². The van der Waals surface area contributed by atoms with Crippen LogP contribution in [0.5, 0.6) is 0 Å². The summed E-state index contributed by atoms with van der Waals surface area (Å²) in [5.74, 6) is -0.947. The number of methoxy groups -OCH3 is 1. The molecule has 0 spiro atoms. The fraction of sp³-hybridized carbons (Fsp3) is 0.148. The number of halogens is 3. The number of rotatable bonds is 7. The van der Waals surface area contributed by atoms with Crippen LogP contribution in [0.3, 0.4) is 0 Å². The molecule has 0 aliphatic heterocycles. The summed E-state index contributed by atoms with van der Waals surface area (Å²) < 4.78 is 45.5. The van der Waals surface area contributed by atoms with E-state index in [1.54, 1.807) is 18.2 Å². The highest BCUT2D eigenvalue weighted by molar-refractivity contribution is 5.99. The summed E-state index contributed by atoms with van der Waals surface area (Å²) in [6.45, 7) is 0.487. The lowest BCUT2D eigenvalue weighted by Gasteiger charge is -2.08. The summed E-state index contributed by atoms with van der Waals surface area (Å²) in [5, 5.41) is 4.91. The first-order valence-electron chi connectivity index (χ1n) is 11.0. The molecule has 6 nitrogen and oxygen atoms in total. The van der Waals surface area contributed by atoms with Crippen LogP contribution < -0.4 is 5.43 Å². The van der Waals surface area contributed by atoms with Crippen molar-refractivity contribution in [3.63, 3.8) is 0 Å². The Kier molecular flexibility index (Phi) is 7.19. The number of nitrogens with zero attached hydrogens (tertiary/aromatic N) is 2. The number of hydrazone groups is 1. The lowest BCUT2D eigenvalue weighted by Crippen LogP contribution is -2.20. The van der Waals surface area contributed by atoms with Crippen LogP contribution in [0.4, 0.5) is 13.2 Å². The molecule has 4 rings (SSSR count). The maximum Gasteiger partial charge on any atom is 0.416 e. The van der Waals surface area contributed by atoms with E-state index < -0.39 is 23.6 Å². The Morgan fingerprint density at radius 1 is 1.00 bits per heavy atom. The molecule has 184 valence electrons. The Bertz CT molecular complexity index is 1440. The Morgan fingerprint density at radius 2 is 1.75 bits per heavy atom. The molecular weight excluding hydrogens is 471 g/mol. The molecule has 0 aliphatic rings. The van der Waals surface area contributed by atoms with Crippen LogP contribution in [0.25, 0.3) is 10.9 Å². The standard InChI is InChI=1S/C27H22F3N3O3/c1-36-26(35)20-8-4-7-19(12-20)16-33-17-21(23-10-2-3-11-24(23)33)15-31-32-25(34)14-18-6-5-9-22(13-18)27(28,29)30/h2-13,15,17H,14,16H2,1H3,(H,32,34)/b31-15+. The van der Waals surface area contributed by atoms with E-state index in [-0.39, 0.29) is 12.0 Å². The first-order chi connectivity index (χ1) is 17.2. The quantitative estimate of drug-likeness (QED) is 0.219. The van der Waals surface area contributed by atoms with Crippen LogP contribution in [0.1, 0.15) is 32.6 Å². The summed E-state index contributed by atoms with van der Waals surface area (Å²) >= 11 is 0. The van der Waals surface area contributed by atoms with Gasteiger partial charge in [0, 0.05) is 29.2 Å². The van der Waals surface area contributed by atoms with Gasteiger partial charge in [0.2, 0.25) is 5.91 Å². The second-order valence-electron chi connectivity index (χ2n) is 8.09. The van der Waals surface area contributed by atoms with Crippen LogP contribution in [0.15, 0.2) is 84.1 Å². The number of benzene rings is 3. The normalized spacial score (nSPS) is 11.7. The third-order valence-corrected chi connectivity index (χ3v) is 5.53. The Labute approximate surface area is 205 Å². The van der Waals surface area contributed by atoms with E-state index in [0.29, 0.717) is 12.1 Å². The number of aromatic nitrogens is 1. The van der Waals surface area contributed by atoms with E-state index in [2.05, 4.69) is 10.5 Å². The average molecular weight is 493 g/mol. The minimum Gasteiger partial charge on any atom is -0.465 e. The van der Waals surface area contributed by atoms with Crippen LogP contribution in [-0.4, -0.2) is 29.8 Å². The summed E-state index contributed by atoms with van der Waals surface area (Å²) in [4.78, 5) is 24.1. The van der Waals surface area contributed by atoms with E-state index >= 15 is 0 Å². The van der Waals surface area contributed by atoms with Crippen molar-refractivity contribution in [3.05, 3.63) is 107 Å². The van der Waals surface area contributed by atoms with Crippen molar-refractivity contribution in [2.24, 2.45) is 5.10 Å². The van der Waals surface area contributed by atoms with Gasteiger partial charge in [-0.3, -0.25) is 4.79 Å². The lowest BCUT2D eigenvalue weighted by atomic mass is 10.1. The molecule has 0 atom stereocenters. The third kappa shape index (κ3) is 5.80.